The Morgan fingerprint density at radius 3 is 2.38 bits per heavy atom. The molecule has 0 radical (unpaired) electrons. The molecule has 26 heavy (non-hydrogen) atoms. The van der Waals surface area contributed by atoms with Crippen LogP contribution in [0.25, 0.3) is 0 Å². The summed E-state index contributed by atoms with van der Waals surface area (Å²) in [4.78, 5) is 7.01. The van der Waals surface area contributed by atoms with Crippen LogP contribution >= 0.6 is 11.5 Å². The Kier molecular flexibility index (Phi) is 4.02. The summed E-state index contributed by atoms with van der Waals surface area (Å²) >= 11 is 1.49. The molecular weight excluding hydrogens is 368 g/mol. The number of hydrogen-bond donors (Lipinski definition) is 0. The molecule has 3 heterocycles. The van der Waals surface area contributed by atoms with Gasteiger partial charge < -0.3 is 4.90 Å². The maximum atomic E-state index is 12.8. The van der Waals surface area contributed by atoms with Crippen LogP contribution in [0.5, 0.6) is 0 Å². The van der Waals surface area contributed by atoms with E-state index in [4.69, 9.17) is 4.98 Å². The Bertz CT molecular complexity index is 881. The molecule has 2 unspecified atom stereocenters. The van der Waals surface area contributed by atoms with Crippen LogP contribution < -0.4 is 4.90 Å². The second-order valence-corrected chi connectivity index (χ2v) is 10.4. The fourth-order valence-electron chi connectivity index (χ4n) is 4.07. The predicted octanol–water partition coefficient (Wildman–Crippen LogP) is 2.31. The van der Waals surface area contributed by atoms with Gasteiger partial charge >= 0.3 is 0 Å². The molecule has 2 aromatic rings. The van der Waals surface area contributed by atoms with E-state index in [9.17, 15) is 8.42 Å². The molecule has 1 aromatic carbocycles. The van der Waals surface area contributed by atoms with Crippen molar-refractivity contribution in [2.45, 2.75) is 24.5 Å². The van der Waals surface area contributed by atoms with E-state index in [1.807, 2.05) is 30.3 Å². The summed E-state index contributed by atoms with van der Waals surface area (Å²) in [5.74, 6) is 2.48. The molecule has 2 saturated heterocycles. The number of rotatable bonds is 5. The van der Waals surface area contributed by atoms with Crippen molar-refractivity contribution in [3.05, 3.63) is 41.7 Å². The van der Waals surface area contributed by atoms with Crippen LogP contribution in [0.1, 0.15) is 30.1 Å². The number of sulfonamides is 1. The van der Waals surface area contributed by atoms with E-state index in [1.165, 1.54) is 24.4 Å². The Balaban J connectivity index is 1.23. The zero-order valence-electron chi connectivity index (χ0n) is 14.5. The fourth-order valence-corrected chi connectivity index (χ4v) is 6.47. The van der Waals surface area contributed by atoms with Crippen molar-refractivity contribution < 1.29 is 8.42 Å². The third kappa shape index (κ3) is 3.14. The molecule has 0 spiro atoms. The lowest BCUT2D eigenvalue weighted by molar-refractivity contribution is 0.452. The van der Waals surface area contributed by atoms with Gasteiger partial charge in [0.05, 0.1) is 5.75 Å². The Morgan fingerprint density at radius 1 is 1.04 bits per heavy atom. The van der Waals surface area contributed by atoms with E-state index in [0.29, 0.717) is 30.8 Å². The first kappa shape index (κ1) is 16.6. The highest BCUT2D eigenvalue weighted by atomic mass is 32.2. The monoisotopic (exact) mass is 390 g/mol. The summed E-state index contributed by atoms with van der Waals surface area (Å²) in [6.45, 7) is 3.04. The molecule has 1 saturated carbocycles. The quantitative estimate of drug-likeness (QED) is 0.784. The lowest BCUT2D eigenvalue weighted by Crippen LogP contribution is -2.34. The molecule has 3 aliphatic rings. The molecular formula is C18H22N4O2S2. The molecule has 6 nitrogen and oxygen atoms in total. The first-order chi connectivity index (χ1) is 12.6. The summed E-state index contributed by atoms with van der Waals surface area (Å²) in [7, 11) is -3.25. The first-order valence-corrected chi connectivity index (χ1v) is 11.6. The minimum Gasteiger partial charge on any atom is -0.346 e. The second kappa shape index (κ2) is 6.28. The Morgan fingerprint density at radius 2 is 1.73 bits per heavy atom. The third-order valence-electron chi connectivity index (χ3n) is 5.68. The van der Waals surface area contributed by atoms with Gasteiger partial charge in [0.25, 0.3) is 0 Å². The zero-order chi connectivity index (χ0) is 17.7. The number of benzene rings is 1. The van der Waals surface area contributed by atoms with Gasteiger partial charge in [0.15, 0.2) is 0 Å². The van der Waals surface area contributed by atoms with E-state index < -0.39 is 10.0 Å². The van der Waals surface area contributed by atoms with Gasteiger partial charge in [-0.1, -0.05) is 30.3 Å². The van der Waals surface area contributed by atoms with Crippen LogP contribution in [0.2, 0.25) is 0 Å². The standard InChI is InChI=1S/C18H22N4O2S2/c23-26(24,12-13-4-2-1-3-5-13)22-10-15-8-21(9-16(15)11-22)18-19-17(20-25-18)14-6-7-14/h1-5,14-16H,6-12H2. The highest BCUT2D eigenvalue weighted by Crippen LogP contribution is 2.41. The average molecular weight is 391 g/mol. The van der Waals surface area contributed by atoms with Crippen molar-refractivity contribution in [1.82, 2.24) is 13.7 Å². The molecule has 0 bridgehead atoms. The Hall–Kier alpha value is -1.51. The minimum absolute atomic E-state index is 0.0954. The second-order valence-electron chi connectivity index (χ2n) is 7.69. The van der Waals surface area contributed by atoms with Crippen molar-refractivity contribution >= 4 is 26.7 Å². The van der Waals surface area contributed by atoms with Crippen LogP contribution in [-0.4, -0.2) is 48.3 Å². The smallest absolute Gasteiger partial charge is 0.218 e. The number of anilines is 1. The molecule has 1 aromatic heterocycles. The van der Waals surface area contributed by atoms with Gasteiger partial charge in [-0.15, -0.1) is 0 Å². The summed E-state index contributed by atoms with van der Waals surface area (Å²) in [5, 5.41) is 1.01. The van der Waals surface area contributed by atoms with E-state index in [1.54, 1.807) is 4.31 Å². The third-order valence-corrected chi connectivity index (χ3v) is 8.26. The normalized spacial score (nSPS) is 26.4. The van der Waals surface area contributed by atoms with Crippen molar-refractivity contribution in [1.29, 1.82) is 0 Å². The number of fused-ring (bicyclic) bond motifs is 1. The van der Waals surface area contributed by atoms with Crippen molar-refractivity contribution in [2.24, 2.45) is 11.8 Å². The summed E-state index contributed by atoms with van der Waals surface area (Å²) in [5.41, 5.74) is 0.854. The van der Waals surface area contributed by atoms with Gasteiger partial charge in [-0.3, -0.25) is 0 Å². The van der Waals surface area contributed by atoms with Crippen LogP contribution in [0.4, 0.5) is 5.13 Å². The predicted molar refractivity (Wildman–Crippen MR) is 102 cm³/mol. The minimum atomic E-state index is -3.25. The van der Waals surface area contributed by atoms with Gasteiger partial charge in [-0.2, -0.15) is 4.37 Å². The topological polar surface area (TPSA) is 66.4 Å². The summed E-state index contributed by atoms with van der Waals surface area (Å²) in [6, 6.07) is 9.44. The lowest BCUT2D eigenvalue weighted by atomic mass is 10.0. The van der Waals surface area contributed by atoms with Crippen LogP contribution in [0, 0.1) is 11.8 Å². The van der Waals surface area contributed by atoms with Gasteiger partial charge in [-0.05, 0) is 30.2 Å². The van der Waals surface area contributed by atoms with E-state index in [-0.39, 0.29) is 5.75 Å². The lowest BCUT2D eigenvalue weighted by Gasteiger charge is -2.21. The van der Waals surface area contributed by atoms with Crippen molar-refractivity contribution in [2.75, 3.05) is 31.1 Å². The van der Waals surface area contributed by atoms with Crippen LogP contribution in [-0.2, 0) is 15.8 Å². The van der Waals surface area contributed by atoms with E-state index in [2.05, 4.69) is 9.27 Å². The van der Waals surface area contributed by atoms with Gasteiger partial charge in [0, 0.05) is 43.6 Å². The summed E-state index contributed by atoms with van der Waals surface area (Å²) in [6.07, 6.45) is 2.44. The molecule has 1 aliphatic carbocycles. The average Bonchev–Trinajstić information content (AvgIpc) is 3.04. The zero-order valence-corrected chi connectivity index (χ0v) is 16.1. The maximum absolute atomic E-state index is 12.8. The van der Waals surface area contributed by atoms with Crippen molar-refractivity contribution in [3.8, 4) is 0 Å². The molecule has 2 aliphatic heterocycles. The van der Waals surface area contributed by atoms with Gasteiger partial charge in [0.2, 0.25) is 15.2 Å². The van der Waals surface area contributed by atoms with Crippen molar-refractivity contribution in [3.63, 3.8) is 0 Å². The fraction of sp³-hybridized carbons (Fsp3) is 0.556. The first-order valence-electron chi connectivity index (χ1n) is 9.19. The highest BCUT2D eigenvalue weighted by Gasteiger charge is 2.44. The SMILES string of the molecule is O=S(=O)(Cc1ccccc1)N1CC2CN(c3nc(C4CC4)ns3)CC2C1. The molecule has 138 valence electrons. The molecule has 3 fully saturated rings. The van der Waals surface area contributed by atoms with Crippen LogP contribution in [0.15, 0.2) is 30.3 Å². The summed E-state index contributed by atoms with van der Waals surface area (Å²) < 4.78 is 31.7. The number of aromatic nitrogens is 2. The highest BCUT2D eigenvalue weighted by molar-refractivity contribution is 7.88. The van der Waals surface area contributed by atoms with E-state index >= 15 is 0 Å². The largest absolute Gasteiger partial charge is 0.346 e. The maximum Gasteiger partial charge on any atom is 0.218 e. The van der Waals surface area contributed by atoms with Crippen LogP contribution in [0.3, 0.4) is 0 Å². The molecule has 5 rings (SSSR count). The molecule has 0 N–H and O–H groups in total. The van der Waals surface area contributed by atoms with Gasteiger partial charge in [0.1, 0.15) is 5.82 Å². The van der Waals surface area contributed by atoms with E-state index in [0.717, 1.165) is 29.6 Å². The Labute approximate surface area is 158 Å². The molecule has 0 amide bonds. The number of hydrogen-bond acceptors (Lipinski definition) is 6. The molecule has 2 atom stereocenters. The molecule has 8 heteroatoms. The van der Waals surface area contributed by atoms with Gasteiger partial charge in [-0.25, -0.2) is 17.7 Å². The number of nitrogens with zero attached hydrogens (tertiary/aromatic N) is 4.